The summed E-state index contributed by atoms with van der Waals surface area (Å²) >= 11 is 6.39. The van der Waals surface area contributed by atoms with Crippen LogP contribution in [0.25, 0.3) is 0 Å². The van der Waals surface area contributed by atoms with E-state index < -0.39 is 29.3 Å². The van der Waals surface area contributed by atoms with Gasteiger partial charge in [0.25, 0.3) is 0 Å². The summed E-state index contributed by atoms with van der Waals surface area (Å²) in [5.74, 6) is -3.22. The molecule has 0 saturated carbocycles. The molecule has 0 amide bonds. The lowest BCUT2D eigenvalue weighted by Gasteiger charge is -2.37. The quantitative estimate of drug-likeness (QED) is 0.254. The lowest BCUT2D eigenvalue weighted by molar-refractivity contribution is -0.462. The monoisotopic (exact) mass is 546 g/mol. The van der Waals surface area contributed by atoms with E-state index in [1.165, 1.54) is 12.1 Å². The van der Waals surface area contributed by atoms with Crippen LogP contribution in [0, 0.1) is 11.6 Å². The molecule has 1 unspecified atom stereocenters. The highest BCUT2D eigenvalue weighted by Gasteiger charge is 2.51. The predicted octanol–water partition coefficient (Wildman–Crippen LogP) is 6.30. The number of aliphatic carboxylic acids is 1. The lowest BCUT2D eigenvalue weighted by Crippen LogP contribution is -2.56. The summed E-state index contributed by atoms with van der Waals surface area (Å²) in [6.45, 7) is 2.19. The van der Waals surface area contributed by atoms with Gasteiger partial charge in [-0.3, -0.25) is 0 Å². The van der Waals surface area contributed by atoms with Gasteiger partial charge in [-0.1, -0.05) is 60.1 Å². The van der Waals surface area contributed by atoms with Crippen LogP contribution in [-0.4, -0.2) is 36.0 Å². The minimum absolute atomic E-state index is 0.0527. The molecule has 1 heterocycles. The third kappa shape index (κ3) is 6.69. The Morgan fingerprint density at radius 2 is 1.84 bits per heavy atom. The Hall–Kier alpha value is -3.04. The molecule has 3 aromatic rings. The van der Waals surface area contributed by atoms with Gasteiger partial charge in [0.05, 0.1) is 19.3 Å². The number of halogens is 3. The molecule has 0 aliphatic carbocycles. The van der Waals surface area contributed by atoms with Gasteiger partial charge in [0.2, 0.25) is 11.4 Å². The molecule has 1 N–H and O–H groups in total. The van der Waals surface area contributed by atoms with Crippen LogP contribution in [0.15, 0.2) is 60.7 Å². The van der Waals surface area contributed by atoms with Crippen molar-refractivity contribution in [2.45, 2.75) is 50.9 Å². The number of carbonyl (C=O) groups is 1. The van der Waals surface area contributed by atoms with Crippen molar-refractivity contribution in [3.05, 3.63) is 99.6 Å². The molecule has 0 aromatic heterocycles. The van der Waals surface area contributed by atoms with Gasteiger partial charge < -0.3 is 14.6 Å². The minimum Gasteiger partial charge on any atom is -0.491 e. The summed E-state index contributed by atoms with van der Waals surface area (Å²) in [6.07, 6.45) is 0.820. The standard InChI is InChI=1S/C29H29ClF2O6/c1-2-35-25-13-10-21(26(31)27(25)32)15-22-14-19(9-12-24(22)30)8-11-23(16-29(28(33)34)18-37-38-29)36-17-20-6-4-3-5-7-20/h3-7,9-10,12-14,23H,2,8,11,15-18H2,1H3,(H,33,34)/t23?,29-/m1/s1. The molecule has 1 aliphatic heterocycles. The molecule has 6 nitrogen and oxygen atoms in total. The van der Waals surface area contributed by atoms with Gasteiger partial charge in [-0.05, 0) is 54.2 Å². The first-order chi connectivity index (χ1) is 18.3. The Bertz CT molecular complexity index is 1250. The minimum atomic E-state index is -1.44. The van der Waals surface area contributed by atoms with Crippen molar-refractivity contribution in [3.8, 4) is 5.75 Å². The third-order valence-corrected chi connectivity index (χ3v) is 6.83. The second kappa shape index (κ2) is 12.7. The van der Waals surface area contributed by atoms with E-state index in [0.717, 1.165) is 11.1 Å². The maximum absolute atomic E-state index is 14.7. The zero-order chi connectivity index (χ0) is 27.1. The topological polar surface area (TPSA) is 74.2 Å². The highest BCUT2D eigenvalue weighted by molar-refractivity contribution is 6.31. The first-order valence-corrected chi connectivity index (χ1v) is 12.8. The highest BCUT2D eigenvalue weighted by atomic mass is 35.5. The molecule has 0 bridgehead atoms. The fraction of sp³-hybridized carbons (Fsp3) is 0.345. The van der Waals surface area contributed by atoms with Crippen molar-refractivity contribution in [2.24, 2.45) is 0 Å². The number of rotatable bonds is 13. The number of hydrogen-bond donors (Lipinski definition) is 1. The van der Waals surface area contributed by atoms with Gasteiger partial charge in [0.15, 0.2) is 11.6 Å². The van der Waals surface area contributed by atoms with Crippen molar-refractivity contribution in [3.63, 3.8) is 0 Å². The predicted molar refractivity (Wildman–Crippen MR) is 137 cm³/mol. The lowest BCUT2D eigenvalue weighted by atomic mass is 9.92. The average Bonchev–Trinajstić information content (AvgIpc) is 2.89. The Morgan fingerprint density at radius 1 is 1.08 bits per heavy atom. The fourth-order valence-electron chi connectivity index (χ4n) is 4.31. The fourth-order valence-corrected chi connectivity index (χ4v) is 4.49. The largest absolute Gasteiger partial charge is 0.491 e. The van der Waals surface area contributed by atoms with Crippen LogP contribution in [0.1, 0.15) is 42.0 Å². The maximum atomic E-state index is 14.7. The van der Waals surface area contributed by atoms with Gasteiger partial charge in [-0.2, -0.15) is 4.39 Å². The van der Waals surface area contributed by atoms with E-state index in [4.69, 9.17) is 30.8 Å². The molecule has 3 aromatic carbocycles. The molecule has 1 saturated heterocycles. The summed E-state index contributed by atoms with van der Waals surface area (Å²) < 4.78 is 40.3. The molecule has 1 fully saturated rings. The Kier molecular flexibility index (Phi) is 9.33. The summed E-state index contributed by atoms with van der Waals surface area (Å²) in [7, 11) is 0. The molecule has 4 rings (SSSR count). The Labute approximate surface area is 225 Å². The summed E-state index contributed by atoms with van der Waals surface area (Å²) in [6, 6.07) is 17.9. The van der Waals surface area contributed by atoms with Crippen molar-refractivity contribution in [2.75, 3.05) is 13.2 Å². The van der Waals surface area contributed by atoms with Crippen LogP contribution in [0.3, 0.4) is 0 Å². The van der Waals surface area contributed by atoms with E-state index >= 15 is 0 Å². The molecule has 0 spiro atoms. The first-order valence-electron chi connectivity index (χ1n) is 12.4. The van der Waals surface area contributed by atoms with Gasteiger partial charge in [0.1, 0.15) is 6.61 Å². The number of aryl methyl sites for hydroxylation is 1. The van der Waals surface area contributed by atoms with Crippen molar-refractivity contribution in [1.82, 2.24) is 0 Å². The second-order valence-electron chi connectivity index (χ2n) is 9.19. The molecule has 202 valence electrons. The molecular weight excluding hydrogens is 518 g/mol. The van der Waals surface area contributed by atoms with Crippen LogP contribution in [0.5, 0.6) is 5.75 Å². The zero-order valence-electron chi connectivity index (χ0n) is 20.9. The van der Waals surface area contributed by atoms with E-state index in [9.17, 15) is 18.7 Å². The molecular formula is C29H29ClF2O6. The first kappa shape index (κ1) is 28.0. The Balaban J connectivity index is 1.47. The van der Waals surface area contributed by atoms with E-state index in [0.29, 0.717) is 30.0 Å². The number of carboxylic acid groups (broad SMARTS) is 1. The van der Waals surface area contributed by atoms with E-state index in [1.54, 1.807) is 13.0 Å². The third-order valence-electron chi connectivity index (χ3n) is 6.46. The van der Waals surface area contributed by atoms with Crippen LogP contribution < -0.4 is 4.74 Å². The summed E-state index contributed by atoms with van der Waals surface area (Å²) in [5.41, 5.74) is 1.23. The Morgan fingerprint density at radius 3 is 2.50 bits per heavy atom. The summed E-state index contributed by atoms with van der Waals surface area (Å²) in [4.78, 5) is 21.5. The van der Waals surface area contributed by atoms with E-state index in [1.807, 2.05) is 42.5 Å². The number of benzene rings is 3. The molecule has 2 atom stereocenters. The van der Waals surface area contributed by atoms with Crippen molar-refractivity contribution >= 4 is 17.6 Å². The molecule has 9 heteroatoms. The van der Waals surface area contributed by atoms with Crippen LogP contribution in [0.2, 0.25) is 5.02 Å². The van der Waals surface area contributed by atoms with E-state index in [2.05, 4.69) is 0 Å². The van der Waals surface area contributed by atoms with Gasteiger partial charge >= 0.3 is 5.97 Å². The van der Waals surface area contributed by atoms with Gasteiger partial charge in [-0.25, -0.2) is 19.0 Å². The number of hydrogen-bond acceptors (Lipinski definition) is 5. The van der Waals surface area contributed by atoms with Crippen LogP contribution >= 0.6 is 11.6 Å². The average molecular weight is 547 g/mol. The molecule has 1 aliphatic rings. The SMILES string of the molecule is CCOc1ccc(Cc2cc(CCC(C[C@]3(C(=O)O)COO3)OCc3ccccc3)ccc2Cl)c(F)c1F. The normalized spacial score (nSPS) is 17.6. The van der Waals surface area contributed by atoms with Crippen molar-refractivity contribution in [1.29, 1.82) is 0 Å². The second-order valence-corrected chi connectivity index (χ2v) is 9.60. The van der Waals surface area contributed by atoms with E-state index in [-0.39, 0.29) is 37.4 Å². The van der Waals surface area contributed by atoms with Gasteiger partial charge in [-0.15, -0.1) is 0 Å². The van der Waals surface area contributed by atoms with Crippen LogP contribution in [-0.2, 0) is 38.8 Å². The van der Waals surface area contributed by atoms with Crippen molar-refractivity contribution < 1.29 is 37.9 Å². The number of carboxylic acids is 1. The maximum Gasteiger partial charge on any atom is 0.342 e. The smallest absolute Gasteiger partial charge is 0.342 e. The molecule has 0 radical (unpaired) electrons. The molecule has 38 heavy (non-hydrogen) atoms. The number of ether oxygens (including phenoxy) is 2. The highest BCUT2D eigenvalue weighted by Crippen LogP contribution is 2.32. The summed E-state index contributed by atoms with van der Waals surface area (Å²) in [5, 5.41) is 10.1. The zero-order valence-corrected chi connectivity index (χ0v) is 21.7. The van der Waals surface area contributed by atoms with Crippen LogP contribution in [0.4, 0.5) is 8.78 Å². The van der Waals surface area contributed by atoms with Gasteiger partial charge in [0, 0.05) is 17.9 Å².